The van der Waals surface area contributed by atoms with E-state index < -0.39 is 0 Å². The minimum Gasteiger partial charge on any atom is -0.311 e. The first-order chi connectivity index (χ1) is 41.7. The standard InChI is InChI=1S/C78H54BN5/c1-8-24-55(25-9-1)57-40-44-64(45-41-57)83-73-52-66(80(59-28-12-3-13-29-59)60-30-14-4-15-31-60)48-49-69(73)79-70-50-51-72-76(68-38-22-23-39-71(68)82(72)63-36-20-7-21-37-63)78(70)84(65-46-42-58(43-47-65)56-26-10-2-11-27-56)75-54-67(53-74(83)77(75)79)81(61-32-16-5-17-33-61)62-34-18-6-19-35-62/h1-54H. The highest BCUT2D eigenvalue weighted by molar-refractivity contribution is 7.00. The number of nitrogens with zero attached hydrogens (tertiary/aromatic N) is 5. The molecule has 0 radical (unpaired) electrons. The fourth-order valence-corrected chi connectivity index (χ4v) is 13.2. The maximum Gasteiger partial charge on any atom is 0.252 e. The molecule has 0 aliphatic carbocycles. The van der Waals surface area contributed by atoms with Crippen molar-refractivity contribution in [2.24, 2.45) is 0 Å². The second kappa shape index (κ2) is 20.5. The molecule has 1 aromatic heterocycles. The lowest BCUT2D eigenvalue weighted by Gasteiger charge is -2.45. The van der Waals surface area contributed by atoms with Crippen LogP contribution in [-0.4, -0.2) is 11.3 Å². The van der Waals surface area contributed by atoms with Crippen LogP contribution in [0.15, 0.2) is 328 Å². The van der Waals surface area contributed by atoms with Crippen LogP contribution in [0.25, 0.3) is 49.7 Å². The topological polar surface area (TPSA) is 17.9 Å². The summed E-state index contributed by atoms with van der Waals surface area (Å²) in [5, 5.41) is 2.40. The first-order valence-electron chi connectivity index (χ1n) is 28.9. The number of anilines is 12. The zero-order valence-corrected chi connectivity index (χ0v) is 46.0. The molecule has 2 aliphatic rings. The molecule has 394 valence electrons. The number of hydrogen-bond donors (Lipinski definition) is 0. The zero-order valence-electron chi connectivity index (χ0n) is 46.0. The normalized spacial score (nSPS) is 12.2. The summed E-state index contributed by atoms with van der Waals surface area (Å²) < 4.78 is 2.45. The maximum absolute atomic E-state index is 2.60. The largest absolute Gasteiger partial charge is 0.311 e. The van der Waals surface area contributed by atoms with Gasteiger partial charge < -0.3 is 24.2 Å². The third-order valence-electron chi connectivity index (χ3n) is 16.9. The van der Waals surface area contributed by atoms with Crippen molar-refractivity contribution in [3.63, 3.8) is 0 Å². The van der Waals surface area contributed by atoms with Gasteiger partial charge in [0.15, 0.2) is 0 Å². The number of rotatable bonds is 11. The lowest BCUT2D eigenvalue weighted by atomic mass is 9.33. The molecule has 16 rings (SSSR count). The van der Waals surface area contributed by atoms with E-state index in [2.05, 4.69) is 352 Å². The molecule has 0 saturated carbocycles. The van der Waals surface area contributed by atoms with Crippen molar-refractivity contribution in [1.29, 1.82) is 0 Å². The van der Waals surface area contributed by atoms with Gasteiger partial charge in [-0.25, -0.2) is 0 Å². The maximum atomic E-state index is 2.60. The third kappa shape index (κ3) is 8.18. The number of aromatic nitrogens is 1. The molecule has 0 unspecified atom stereocenters. The number of para-hydroxylation sites is 6. The van der Waals surface area contributed by atoms with Crippen LogP contribution in [-0.2, 0) is 0 Å². The van der Waals surface area contributed by atoms with E-state index in [0.717, 1.165) is 84.8 Å². The Morgan fingerprint density at radius 1 is 0.262 bits per heavy atom. The van der Waals surface area contributed by atoms with Crippen LogP contribution in [0.3, 0.4) is 0 Å². The van der Waals surface area contributed by atoms with E-state index in [1.54, 1.807) is 0 Å². The highest BCUT2D eigenvalue weighted by atomic mass is 15.2. The average molecular weight is 1070 g/mol. The van der Waals surface area contributed by atoms with E-state index in [1.165, 1.54) is 49.5 Å². The predicted molar refractivity (Wildman–Crippen MR) is 355 cm³/mol. The Labute approximate surface area is 490 Å². The smallest absolute Gasteiger partial charge is 0.252 e. The molecule has 3 heterocycles. The van der Waals surface area contributed by atoms with Crippen molar-refractivity contribution >= 4 is 113 Å². The van der Waals surface area contributed by atoms with Gasteiger partial charge >= 0.3 is 0 Å². The molecule has 0 fully saturated rings. The lowest BCUT2D eigenvalue weighted by Crippen LogP contribution is -2.61. The van der Waals surface area contributed by atoms with Crippen molar-refractivity contribution in [2.45, 2.75) is 0 Å². The summed E-state index contributed by atoms with van der Waals surface area (Å²) in [7, 11) is 0. The molecule has 0 N–H and O–H groups in total. The van der Waals surface area contributed by atoms with Gasteiger partial charge in [-0.3, -0.25) is 0 Å². The van der Waals surface area contributed by atoms with Crippen LogP contribution in [0.1, 0.15) is 0 Å². The van der Waals surface area contributed by atoms with E-state index >= 15 is 0 Å². The Balaban J connectivity index is 1.04. The predicted octanol–water partition coefficient (Wildman–Crippen LogP) is 19.1. The Kier molecular flexibility index (Phi) is 11.9. The molecule has 0 bridgehead atoms. The second-order valence-corrected chi connectivity index (χ2v) is 21.7. The highest BCUT2D eigenvalue weighted by Crippen LogP contribution is 2.52. The molecule has 0 saturated heterocycles. The Hall–Kier alpha value is -11.1. The van der Waals surface area contributed by atoms with E-state index in [1.807, 2.05) is 0 Å². The summed E-state index contributed by atoms with van der Waals surface area (Å²) in [6.45, 7) is -0.185. The summed E-state index contributed by atoms with van der Waals surface area (Å²) in [5.74, 6) is 0. The molecule has 84 heavy (non-hydrogen) atoms. The average Bonchev–Trinajstić information content (AvgIpc) is 1.75. The van der Waals surface area contributed by atoms with Crippen LogP contribution in [0.2, 0.25) is 0 Å². The third-order valence-corrected chi connectivity index (χ3v) is 16.9. The van der Waals surface area contributed by atoms with Gasteiger partial charge in [0.1, 0.15) is 0 Å². The molecule has 0 spiro atoms. The zero-order chi connectivity index (χ0) is 55.5. The van der Waals surface area contributed by atoms with Crippen LogP contribution in [0.5, 0.6) is 0 Å². The number of hydrogen-bond acceptors (Lipinski definition) is 4. The molecule has 0 atom stereocenters. The summed E-state index contributed by atoms with van der Waals surface area (Å²) in [4.78, 5) is 9.97. The Bertz CT molecular complexity index is 4620. The van der Waals surface area contributed by atoms with Gasteiger partial charge in [0, 0.05) is 73.3 Å². The van der Waals surface area contributed by atoms with Crippen LogP contribution >= 0.6 is 0 Å². The SMILES string of the molecule is c1ccc(-c2ccc(N3c4cc(N(c5ccccc5)c5ccccc5)ccc4B4c5ccc6c(c5N(c5ccc(-c7ccccc7)cc5)c5cc(N(c7ccccc7)c7ccccc7)cc3c54)c3ccccc3n6-c3ccccc3)cc2)cc1. The minimum absolute atomic E-state index is 0.185. The van der Waals surface area contributed by atoms with Gasteiger partial charge in [-0.2, -0.15) is 0 Å². The first kappa shape index (κ1) is 48.8. The quantitative estimate of drug-likeness (QED) is 0.120. The summed E-state index contributed by atoms with van der Waals surface area (Å²) in [5.41, 5.74) is 24.8. The van der Waals surface area contributed by atoms with Crippen LogP contribution < -0.4 is 36.0 Å². The first-order valence-corrected chi connectivity index (χ1v) is 28.9. The van der Waals surface area contributed by atoms with E-state index in [9.17, 15) is 0 Å². The second-order valence-electron chi connectivity index (χ2n) is 21.7. The number of benzene rings is 13. The molecule has 14 aromatic rings. The van der Waals surface area contributed by atoms with Gasteiger partial charge in [0.2, 0.25) is 0 Å². The summed E-state index contributed by atoms with van der Waals surface area (Å²) in [6, 6.07) is 120. The van der Waals surface area contributed by atoms with Gasteiger partial charge in [0.25, 0.3) is 6.71 Å². The van der Waals surface area contributed by atoms with Crippen molar-refractivity contribution in [3.05, 3.63) is 328 Å². The fourth-order valence-electron chi connectivity index (χ4n) is 13.2. The van der Waals surface area contributed by atoms with Gasteiger partial charge in [0.05, 0.1) is 22.4 Å². The molecule has 0 amide bonds. The molecular weight excluding hydrogens is 1020 g/mol. The molecular formula is C78H54BN5. The Morgan fingerprint density at radius 2 is 0.667 bits per heavy atom. The minimum atomic E-state index is -0.185. The van der Waals surface area contributed by atoms with Gasteiger partial charge in [-0.05, 0) is 160 Å². The van der Waals surface area contributed by atoms with Gasteiger partial charge in [-0.1, -0.05) is 206 Å². The van der Waals surface area contributed by atoms with Crippen molar-refractivity contribution < 1.29 is 0 Å². The molecule has 2 aliphatic heterocycles. The van der Waals surface area contributed by atoms with E-state index in [-0.39, 0.29) is 6.71 Å². The molecule has 13 aromatic carbocycles. The lowest BCUT2D eigenvalue weighted by molar-refractivity contribution is 1.18. The van der Waals surface area contributed by atoms with E-state index in [4.69, 9.17) is 0 Å². The monoisotopic (exact) mass is 1070 g/mol. The van der Waals surface area contributed by atoms with E-state index in [0.29, 0.717) is 0 Å². The summed E-state index contributed by atoms with van der Waals surface area (Å²) in [6.07, 6.45) is 0. The highest BCUT2D eigenvalue weighted by Gasteiger charge is 2.45. The molecule has 5 nitrogen and oxygen atoms in total. The van der Waals surface area contributed by atoms with Crippen molar-refractivity contribution in [1.82, 2.24) is 4.57 Å². The van der Waals surface area contributed by atoms with Crippen LogP contribution in [0, 0.1) is 0 Å². The number of fused-ring (bicyclic) bond motifs is 8. The van der Waals surface area contributed by atoms with Crippen molar-refractivity contribution in [3.8, 4) is 27.9 Å². The van der Waals surface area contributed by atoms with Gasteiger partial charge in [-0.15, -0.1) is 0 Å². The Morgan fingerprint density at radius 3 is 1.19 bits per heavy atom. The molecule has 6 heteroatoms. The van der Waals surface area contributed by atoms with Crippen molar-refractivity contribution in [2.75, 3.05) is 19.6 Å². The summed E-state index contributed by atoms with van der Waals surface area (Å²) >= 11 is 0. The fraction of sp³-hybridized carbons (Fsp3) is 0. The van der Waals surface area contributed by atoms with Crippen LogP contribution in [0.4, 0.5) is 68.2 Å².